The fraction of sp³-hybridized carbons (Fsp3) is 0.421. The Bertz CT molecular complexity index is 825. The van der Waals surface area contributed by atoms with E-state index in [0.717, 1.165) is 42.1 Å². The summed E-state index contributed by atoms with van der Waals surface area (Å²) < 4.78 is 6.57. The van der Waals surface area contributed by atoms with Crippen LogP contribution in [-0.4, -0.2) is 37.7 Å². The number of hydrogen-bond acceptors (Lipinski definition) is 4. The normalized spacial score (nSPS) is 19.5. The van der Waals surface area contributed by atoms with E-state index in [9.17, 15) is 4.79 Å². The molecule has 1 amide bonds. The number of hydrogen-bond donors (Lipinski definition) is 1. The molecular weight excluding hydrogens is 400 g/mol. The summed E-state index contributed by atoms with van der Waals surface area (Å²) in [6.07, 6.45) is 0.844. The minimum absolute atomic E-state index is 0.0482. The van der Waals surface area contributed by atoms with Gasteiger partial charge in [0, 0.05) is 28.7 Å². The predicted molar refractivity (Wildman–Crippen MR) is 106 cm³/mol. The molecular formula is C19H21BrN2O2S. The van der Waals surface area contributed by atoms with Crippen molar-refractivity contribution in [3.05, 3.63) is 39.2 Å². The Hall–Kier alpha value is -1.37. The number of anilines is 1. The third-order valence-electron chi connectivity index (χ3n) is 4.68. The van der Waals surface area contributed by atoms with E-state index in [0.29, 0.717) is 0 Å². The van der Waals surface area contributed by atoms with Crippen LogP contribution in [0.1, 0.15) is 29.1 Å². The van der Waals surface area contributed by atoms with E-state index in [1.165, 1.54) is 21.7 Å². The lowest BCUT2D eigenvalue weighted by Crippen LogP contribution is -2.48. The highest BCUT2D eigenvalue weighted by Crippen LogP contribution is 2.46. The van der Waals surface area contributed by atoms with Gasteiger partial charge in [-0.1, -0.05) is 28.1 Å². The second-order valence-corrected chi connectivity index (χ2v) is 9.13. The fourth-order valence-corrected chi connectivity index (χ4v) is 5.27. The molecule has 25 heavy (non-hydrogen) atoms. The molecule has 6 heteroatoms. The van der Waals surface area contributed by atoms with E-state index in [4.69, 9.17) is 4.74 Å². The van der Waals surface area contributed by atoms with Gasteiger partial charge in [0.2, 0.25) is 0 Å². The lowest BCUT2D eigenvalue weighted by atomic mass is 9.87. The van der Waals surface area contributed by atoms with E-state index < -0.39 is 0 Å². The van der Waals surface area contributed by atoms with Crippen LogP contribution in [-0.2, 0) is 11.2 Å². The maximum Gasteiger partial charge on any atom is 0.262 e. The molecule has 1 N–H and O–H groups in total. The van der Waals surface area contributed by atoms with Gasteiger partial charge in [-0.25, -0.2) is 0 Å². The molecule has 2 aliphatic rings. The molecule has 2 aliphatic heterocycles. The first-order valence-corrected chi connectivity index (χ1v) is 10.1. The Kier molecular flexibility index (Phi) is 4.38. The highest BCUT2D eigenvalue weighted by Gasteiger charge is 2.36. The summed E-state index contributed by atoms with van der Waals surface area (Å²) in [4.78, 5) is 15.9. The summed E-state index contributed by atoms with van der Waals surface area (Å²) >= 11 is 5.21. The van der Waals surface area contributed by atoms with E-state index >= 15 is 0 Å². The largest absolute Gasteiger partial charge is 0.378 e. The molecule has 0 saturated carbocycles. The second-order valence-electron chi connectivity index (χ2n) is 7.21. The zero-order chi connectivity index (χ0) is 17.6. The highest BCUT2D eigenvalue weighted by molar-refractivity contribution is 9.10. The number of ether oxygens (including phenoxy) is 1. The molecule has 0 spiro atoms. The van der Waals surface area contributed by atoms with E-state index in [1.54, 1.807) is 11.3 Å². The van der Waals surface area contributed by atoms with E-state index in [-0.39, 0.29) is 11.4 Å². The molecule has 4 nitrogen and oxygen atoms in total. The van der Waals surface area contributed by atoms with Crippen molar-refractivity contribution in [3.63, 3.8) is 0 Å². The molecule has 0 unspecified atom stereocenters. The predicted octanol–water partition coefficient (Wildman–Crippen LogP) is 4.08. The molecule has 1 fully saturated rings. The van der Waals surface area contributed by atoms with Crippen LogP contribution in [0.15, 0.2) is 28.7 Å². The lowest BCUT2D eigenvalue weighted by molar-refractivity contribution is 0.0902. The highest BCUT2D eigenvalue weighted by atomic mass is 79.9. The van der Waals surface area contributed by atoms with Gasteiger partial charge in [0.25, 0.3) is 5.91 Å². The number of rotatable bonds is 2. The Morgan fingerprint density at radius 3 is 2.76 bits per heavy atom. The van der Waals surface area contributed by atoms with Gasteiger partial charge in [-0.05, 0) is 43.5 Å². The fourth-order valence-electron chi connectivity index (χ4n) is 3.59. The molecule has 0 bridgehead atoms. The number of thiophene rings is 1. The molecule has 3 heterocycles. The van der Waals surface area contributed by atoms with Gasteiger partial charge < -0.3 is 15.0 Å². The average molecular weight is 421 g/mol. The molecule has 4 rings (SSSR count). The van der Waals surface area contributed by atoms with Crippen LogP contribution < -0.4 is 10.2 Å². The Morgan fingerprint density at radius 2 is 2.04 bits per heavy atom. The number of morpholine rings is 1. The number of benzene rings is 1. The van der Waals surface area contributed by atoms with Crippen molar-refractivity contribution in [1.82, 2.24) is 5.32 Å². The van der Waals surface area contributed by atoms with Gasteiger partial charge in [0.1, 0.15) is 5.00 Å². The average Bonchev–Trinajstić information content (AvgIpc) is 2.94. The Labute approximate surface area is 160 Å². The number of nitrogens with zero attached hydrogens (tertiary/aromatic N) is 1. The van der Waals surface area contributed by atoms with E-state index in [2.05, 4.69) is 58.2 Å². The summed E-state index contributed by atoms with van der Waals surface area (Å²) in [5.41, 5.74) is 3.33. The minimum atomic E-state index is -0.228. The molecule has 0 radical (unpaired) electrons. The van der Waals surface area contributed by atoms with Crippen molar-refractivity contribution < 1.29 is 9.53 Å². The number of halogens is 1. The summed E-state index contributed by atoms with van der Waals surface area (Å²) in [7, 11) is 0. The van der Waals surface area contributed by atoms with Crippen LogP contribution in [0, 0.1) is 0 Å². The second kappa shape index (κ2) is 6.41. The van der Waals surface area contributed by atoms with Gasteiger partial charge in [0.05, 0.1) is 18.1 Å². The maximum absolute atomic E-state index is 12.7. The van der Waals surface area contributed by atoms with Crippen molar-refractivity contribution >= 4 is 38.2 Å². The van der Waals surface area contributed by atoms with Gasteiger partial charge in [-0.2, -0.15) is 0 Å². The molecule has 0 aliphatic carbocycles. The van der Waals surface area contributed by atoms with Crippen LogP contribution in [0.4, 0.5) is 5.00 Å². The molecule has 1 saturated heterocycles. The zero-order valence-electron chi connectivity index (χ0n) is 14.4. The number of fused-ring (bicyclic) bond motifs is 1. The van der Waals surface area contributed by atoms with E-state index in [1.807, 2.05) is 6.07 Å². The first-order chi connectivity index (χ1) is 11.9. The maximum atomic E-state index is 12.7. The number of nitrogens with one attached hydrogen (secondary N) is 1. The standard InChI is InChI=1S/C19H21BrN2O2S/c1-19(2)11-14-15(12-4-3-5-13(20)10-12)18(22-6-8-24-9-7-22)25-16(14)17(23)21-19/h3-5,10H,6-9,11H2,1-2H3,(H,21,23). The third-order valence-corrected chi connectivity index (χ3v) is 6.46. The van der Waals surface area contributed by atoms with Gasteiger partial charge in [0.15, 0.2) is 0 Å². The lowest BCUT2D eigenvalue weighted by Gasteiger charge is -2.31. The molecule has 1 aromatic heterocycles. The minimum Gasteiger partial charge on any atom is -0.378 e. The topological polar surface area (TPSA) is 41.6 Å². The van der Waals surface area contributed by atoms with Gasteiger partial charge in [-0.15, -0.1) is 11.3 Å². The summed E-state index contributed by atoms with van der Waals surface area (Å²) in [5, 5.41) is 4.33. The van der Waals surface area contributed by atoms with Crippen molar-refractivity contribution in [2.45, 2.75) is 25.8 Å². The van der Waals surface area contributed by atoms with Gasteiger partial charge >= 0.3 is 0 Å². The first kappa shape index (κ1) is 17.1. The monoisotopic (exact) mass is 420 g/mol. The summed E-state index contributed by atoms with van der Waals surface area (Å²) in [6.45, 7) is 7.38. The van der Waals surface area contributed by atoms with Crippen molar-refractivity contribution in [3.8, 4) is 11.1 Å². The number of carbonyl (C=O) groups is 1. The van der Waals surface area contributed by atoms with Gasteiger partial charge in [-0.3, -0.25) is 4.79 Å². The van der Waals surface area contributed by atoms with Crippen molar-refractivity contribution in [2.75, 3.05) is 31.2 Å². The molecule has 1 aromatic carbocycles. The van der Waals surface area contributed by atoms with Crippen LogP contribution >= 0.6 is 27.3 Å². The SMILES string of the molecule is CC1(C)Cc2c(sc(N3CCOCC3)c2-c2cccc(Br)c2)C(=O)N1. The Balaban J connectivity index is 1.91. The number of amides is 1. The van der Waals surface area contributed by atoms with Crippen LogP contribution in [0.2, 0.25) is 0 Å². The van der Waals surface area contributed by atoms with Crippen LogP contribution in [0.5, 0.6) is 0 Å². The smallest absolute Gasteiger partial charge is 0.262 e. The Morgan fingerprint density at radius 1 is 1.28 bits per heavy atom. The summed E-state index contributed by atoms with van der Waals surface area (Å²) in [5.74, 6) is 0.0482. The van der Waals surface area contributed by atoms with Crippen LogP contribution in [0.25, 0.3) is 11.1 Å². The molecule has 2 aromatic rings. The molecule has 0 atom stereocenters. The number of carbonyl (C=O) groups excluding carboxylic acids is 1. The zero-order valence-corrected chi connectivity index (χ0v) is 16.8. The molecule has 132 valence electrons. The van der Waals surface area contributed by atoms with Crippen molar-refractivity contribution in [1.29, 1.82) is 0 Å². The first-order valence-electron chi connectivity index (χ1n) is 8.51. The van der Waals surface area contributed by atoms with Crippen molar-refractivity contribution in [2.24, 2.45) is 0 Å². The quantitative estimate of drug-likeness (QED) is 0.795. The van der Waals surface area contributed by atoms with Crippen LogP contribution in [0.3, 0.4) is 0 Å². The summed E-state index contributed by atoms with van der Waals surface area (Å²) in [6, 6.07) is 8.37. The third kappa shape index (κ3) is 3.23.